The standard InChI is InChI=1S/C22H31N3O4/c1-13(21(26)24-19-5-4-18(25(27)28)9-20(19)29-3)23-14(2)22-10-15-6-16(11-22)8-17(7-15)12-22/h4-5,9,13-17,23H,6-8,10-12H2,1-3H3,(H,24,26)/t13-,14+,15?,16?,17?,22?/m0/s1. The molecule has 0 aromatic heterocycles. The van der Waals surface area contributed by atoms with Gasteiger partial charge in [0.15, 0.2) is 0 Å². The fourth-order valence-corrected chi connectivity index (χ4v) is 6.47. The van der Waals surface area contributed by atoms with Gasteiger partial charge < -0.3 is 15.4 Å². The third-order valence-electron chi connectivity index (χ3n) is 7.55. The number of hydrogen-bond donors (Lipinski definition) is 2. The van der Waals surface area contributed by atoms with Crippen molar-refractivity contribution in [1.82, 2.24) is 5.32 Å². The topological polar surface area (TPSA) is 93.5 Å². The Labute approximate surface area is 171 Å². The predicted molar refractivity (Wildman–Crippen MR) is 111 cm³/mol. The molecule has 1 aromatic carbocycles. The third kappa shape index (κ3) is 3.84. The Morgan fingerprint density at radius 2 is 1.76 bits per heavy atom. The van der Waals surface area contributed by atoms with E-state index in [0.717, 1.165) is 17.8 Å². The predicted octanol–water partition coefficient (Wildman–Crippen LogP) is 4.12. The van der Waals surface area contributed by atoms with Gasteiger partial charge in [0, 0.05) is 12.1 Å². The second kappa shape index (κ2) is 7.59. The first-order valence-corrected chi connectivity index (χ1v) is 10.7. The monoisotopic (exact) mass is 401 g/mol. The van der Waals surface area contributed by atoms with Crippen LogP contribution in [0, 0.1) is 33.3 Å². The Balaban J connectivity index is 1.40. The van der Waals surface area contributed by atoms with Crippen LogP contribution in [-0.4, -0.2) is 30.0 Å². The Hall–Kier alpha value is -2.15. The first-order chi connectivity index (χ1) is 13.8. The smallest absolute Gasteiger partial charge is 0.273 e. The highest BCUT2D eigenvalue weighted by atomic mass is 16.6. The molecule has 0 unspecified atom stereocenters. The molecule has 7 nitrogen and oxygen atoms in total. The zero-order valence-corrected chi connectivity index (χ0v) is 17.4. The lowest BCUT2D eigenvalue weighted by atomic mass is 9.48. The first kappa shape index (κ1) is 20.1. The minimum atomic E-state index is -0.481. The molecule has 7 heteroatoms. The van der Waals surface area contributed by atoms with Gasteiger partial charge in [0.05, 0.1) is 29.8 Å². The van der Waals surface area contributed by atoms with E-state index in [-0.39, 0.29) is 29.4 Å². The number of hydrogen-bond acceptors (Lipinski definition) is 5. The maximum absolute atomic E-state index is 12.8. The molecule has 0 heterocycles. The number of amides is 1. The van der Waals surface area contributed by atoms with Gasteiger partial charge in [-0.1, -0.05) is 0 Å². The van der Waals surface area contributed by atoms with Crippen LogP contribution in [0.5, 0.6) is 5.75 Å². The summed E-state index contributed by atoms with van der Waals surface area (Å²) in [6.45, 7) is 4.12. The van der Waals surface area contributed by atoms with Crippen molar-refractivity contribution in [2.75, 3.05) is 12.4 Å². The van der Waals surface area contributed by atoms with Crippen molar-refractivity contribution in [2.24, 2.45) is 23.2 Å². The zero-order chi connectivity index (χ0) is 20.8. The van der Waals surface area contributed by atoms with Crippen LogP contribution >= 0.6 is 0 Å². The van der Waals surface area contributed by atoms with Crippen LogP contribution in [0.25, 0.3) is 0 Å². The van der Waals surface area contributed by atoms with Gasteiger partial charge in [-0.15, -0.1) is 0 Å². The average Bonchev–Trinajstić information content (AvgIpc) is 2.66. The molecule has 4 aliphatic rings. The number of nitrogens with one attached hydrogen (secondary N) is 2. The van der Waals surface area contributed by atoms with Crippen molar-refractivity contribution >= 4 is 17.3 Å². The minimum Gasteiger partial charge on any atom is -0.494 e. The molecule has 0 spiro atoms. The van der Waals surface area contributed by atoms with Gasteiger partial charge in [-0.05, 0) is 81.6 Å². The van der Waals surface area contributed by atoms with E-state index in [1.165, 1.54) is 63.8 Å². The summed E-state index contributed by atoms with van der Waals surface area (Å²) in [5, 5.41) is 17.4. The number of methoxy groups -OCH3 is 1. The van der Waals surface area contributed by atoms with E-state index in [1.807, 2.05) is 6.92 Å². The van der Waals surface area contributed by atoms with Crippen LogP contribution in [0.3, 0.4) is 0 Å². The normalized spacial score (nSPS) is 31.9. The van der Waals surface area contributed by atoms with E-state index in [2.05, 4.69) is 17.6 Å². The minimum absolute atomic E-state index is 0.0681. The molecular formula is C22H31N3O4. The van der Waals surface area contributed by atoms with Gasteiger partial charge in [0.25, 0.3) is 5.69 Å². The number of nitrogens with zero attached hydrogens (tertiary/aromatic N) is 1. The quantitative estimate of drug-likeness (QED) is 0.529. The molecule has 158 valence electrons. The lowest BCUT2D eigenvalue weighted by Crippen LogP contribution is -2.57. The lowest BCUT2D eigenvalue weighted by molar-refractivity contribution is -0.384. The molecule has 4 saturated carbocycles. The molecule has 2 N–H and O–H groups in total. The molecule has 0 saturated heterocycles. The molecule has 0 radical (unpaired) electrons. The summed E-state index contributed by atoms with van der Waals surface area (Å²) >= 11 is 0. The summed E-state index contributed by atoms with van der Waals surface area (Å²) in [5.41, 5.74) is 0.703. The molecule has 4 fully saturated rings. The summed E-state index contributed by atoms with van der Waals surface area (Å²) in [6.07, 6.45) is 8.08. The highest BCUT2D eigenvalue weighted by Gasteiger charge is 2.53. The van der Waals surface area contributed by atoms with Crippen LogP contribution in [0.2, 0.25) is 0 Å². The number of anilines is 1. The highest BCUT2D eigenvalue weighted by Crippen LogP contribution is 2.61. The second-order valence-corrected chi connectivity index (χ2v) is 9.52. The molecule has 29 heavy (non-hydrogen) atoms. The van der Waals surface area contributed by atoms with Crippen LogP contribution in [0.1, 0.15) is 52.4 Å². The summed E-state index contributed by atoms with van der Waals surface area (Å²) in [7, 11) is 1.44. The summed E-state index contributed by atoms with van der Waals surface area (Å²) in [5.74, 6) is 2.75. The van der Waals surface area contributed by atoms with Crippen molar-refractivity contribution in [2.45, 2.75) is 64.5 Å². The Morgan fingerprint density at radius 3 is 2.28 bits per heavy atom. The van der Waals surface area contributed by atoms with Crippen molar-refractivity contribution in [3.63, 3.8) is 0 Å². The largest absolute Gasteiger partial charge is 0.494 e. The molecule has 0 aliphatic heterocycles. The van der Waals surface area contributed by atoms with E-state index in [9.17, 15) is 14.9 Å². The van der Waals surface area contributed by atoms with Gasteiger partial charge in [-0.2, -0.15) is 0 Å². The zero-order valence-electron chi connectivity index (χ0n) is 17.4. The van der Waals surface area contributed by atoms with E-state index in [0.29, 0.717) is 11.1 Å². The van der Waals surface area contributed by atoms with Gasteiger partial charge >= 0.3 is 0 Å². The molecule has 5 rings (SSSR count). The SMILES string of the molecule is COc1cc([N+](=O)[O-])ccc1NC(=O)[C@H](C)N[C@H](C)C12CC3CC(CC(C3)C1)C2. The summed E-state index contributed by atoms with van der Waals surface area (Å²) < 4.78 is 5.22. The van der Waals surface area contributed by atoms with Gasteiger partial charge in [0.1, 0.15) is 5.75 Å². The van der Waals surface area contributed by atoms with Crippen molar-refractivity contribution < 1.29 is 14.5 Å². The molecular weight excluding hydrogens is 370 g/mol. The number of ether oxygens (including phenoxy) is 1. The number of nitro groups is 1. The van der Waals surface area contributed by atoms with E-state index < -0.39 is 4.92 Å². The Morgan fingerprint density at radius 1 is 1.17 bits per heavy atom. The first-order valence-electron chi connectivity index (χ1n) is 10.7. The van der Waals surface area contributed by atoms with Crippen LogP contribution < -0.4 is 15.4 Å². The molecule has 1 amide bonds. The number of nitro benzene ring substituents is 1. The van der Waals surface area contributed by atoms with Crippen LogP contribution in [0.4, 0.5) is 11.4 Å². The number of rotatable bonds is 7. The Kier molecular flexibility index (Phi) is 5.27. The molecule has 4 aliphatic carbocycles. The van der Waals surface area contributed by atoms with Crippen molar-refractivity contribution in [3.05, 3.63) is 28.3 Å². The van der Waals surface area contributed by atoms with Gasteiger partial charge in [-0.25, -0.2) is 0 Å². The lowest BCUT2D eigenvalue weighted by Gasteiger charge is -2.59. The molecule has 4 bridgehead atoms. The maximum Gasteiger partial charge on any atom is 0.273 e. The number of carbonyl (C=O) groups excluding carboxylic acids is 1. The number of carbonyl (C=O) groups is 1. The van der Waals surface area contributed by atoms with Gasteiger partial charge in [-0.3, -0.25) is 14.9 Å². The number of benzene rings is 1. The maximum atomic E-state index is 12.8. The van der Waals surface area contributed by atoms with E-state index in [1.54, 1.807) is 0 Å². The number of non-ortho nitro benzene ring substituents is 1. The van der Waals surface area contributed by atoms with Crippen molar-refractivity contribution in [3.8, 4) is 5.75 Å². The fraction of sp³-hybridized carbons (Fsp3) is 0.682. The van der Waals surface area contributed by atoms with Gasteiger partial charge in [0.2, 0.25) is 5.91 Å². The molecule has 1 aromatic rings. The highest BCUT2D eigenvalue weighted by molar-refractivity contribution is 5.96. The molecule has 2 atom stereocenters. The van der Waals surface area contributed by atoms with Crippen LogP contribution in [0.15, 0.2) is 18.2 Å². The van der Waals surface area contributed by atoms with E-state index in [4.69, 9.17) is 4.74 Å². The second-order valence-electron chi connectivity index (χ2n) is 9.52. The Bertz CT molecular complexity index is 774. The summed E-state index contributed by atoms with van der Waals surface area (Å²) in [6, 6.07) is 4.14. The third-order valence-corrected chi connectivity index (χ3v) is 7.55. The van der Waals surface area contributed by atoms with E-state index >= 15 is 0 Å². The fourth-order valence-electron chi connectivity index (χ4n) is 6.47. The average molecular weight is 402 g/mol. The summed E-state index contributed by atoms with van der Waals surface area (Å²) in [4.78, 5) is 23.3. The van der Waals surface area contributed by atoms with Crippen molar-refractivity contribution in [1.29, 1.82) is 0 Å². The van der Waals surface area contributed by atoms with Crippen LogP contribution in [-0.2, 0) is 4.79 Å².